The van der Waals surface area contributed by atoms with Crippen molar-refractivity contribution < 1.29 is 97.1 Å². The summed E-state index contributed by atoms with van der Waals surface area (Å²) in [6.07, 6.45) is -0.158. The summed E-state index contributed by atoms with van der Waals surface area (Å²) >= 11 is 0.808. The summed E-state index contributed by atoms with van der Waals surface area (Å²) in [5.41, 5.74) is 8.86. The molecule has 1 aromatic heterocycles. The van der Waals surface area contributed by atoms with Gasteiger partial charge in [-0.05, 0) is 94.5 Å². The molecule has 2 bridgehead atoms. The Labute approximate surface area is 750 Å². The van der Waals surface area contributed by atoms with Crippen molar-refractivity contribution in [2.24, 2.45) is 17.6 Å². The van der Waals surface area contributed by atoms with E-state index >= 15 is 38.4 Å². The van der Waals surface area contributed by atoms with Gasteiger partial charge in [-0.2, -0.15) is 0 Å². The van der Waals surface area contributed by atoms with Crippen molar-refractivity contribution in [1.82, 2.24) is 72.4 Å². The zero-order valence-corrected chi connectivity index (χ0v) is 74.2. The van der Waals surface area contributed by atoms with Crippen LogP contribution in [0, 0.1) is 11.8 Å². The number of anilines is 1. The summed E-state index contributed by atoms with van der Waals surface area (Å²) in [5, 5.41) is 66.5. The lowest BCUT2D eigenvalue weighted by molar-refractivity contribution is -0.151. The number of carboxylic acids is 1. The average Bonchev–Trinajstić information content (AvgIpc) is 0.895. The number of hydrogen-bond donors (Lipinski definition) is 15. The number of carboxylic acid groups (broad SMARTS) is 1. The van der Waals surface area contributed by atoms with Gasteiger partial charge in [0, 0.05) is 95.6 Å². The molecule has 3 heterocycles. The number of rotatable bonds is 21. The number of primary amides is 1. The Morgan fingerprint density at radius 1 is 0.504 bits per heavy atom. The second-order valence-electron chi connectivity index (χ2n) is 33.1. The molecule has 1 unspecified atom stereocenters. The second kappa shape index (κ2) is 46.6. The van der Waals surface area contributed by atoms with Crippen molar-refractivity contribution in [2.75, 3.05) is 64.2 Å². The Hall–Kier alpha value is -13.9. The highest BCUT2D eigenvalue weighted by Crippen LogP contribution is 2.33. The Morgan fingerprint density at radius 2 is 1.02 bits per heavy atom. The third kappa shape index (κ3) is 28.1. The first kappa shape index (κ1) is 98.9. The zero-order valence-electron chi connectivity index (χ0n) is 73.4. The van der Waals surface area contributed by atoms with Gasteiger partial charge in [-0.1, -0.05) is 157 Å². The molecule has 15 amide bonds. The van der Waals surface area contributed by atoms with Crippen molar-refractivity contribution in [2.45, 2.75) is 172 Å². The SMILES string of the molecule is CCCC[C@H]1C(=O)N(C)CC(=O)N[C@@H](CC(=O)O)C(=O)N[C@@H](C(C)C)C(=O)N(C)[C@@H](Cc2ccccc2)C(=O)N[C@H]2Cc3ccc(O)cc3N(CC(=O)N[C@@H](Cc3c[nH]c4ccccc34)C(=O)NC(Cc3ccc(O)cc3)C(=O)N[C@@H](CC(C)C)C(=O)N[C@H](C(=O)NCC(N)=O)CSCC(=O)N[C@@H](Cc3ccccc3)C(=O)N(C)[C@@H](Cc3ccc(O)cc3)C(=O)N1C)C2=O. The van der Waals surface area contributed by atoms with E-state index in [-0.39, 0.29) is 80.2 Å². The van der Waals surface area contributed by atoms with Gasteiger partial charge in [0.25, 0.3) is 0 Å². The molecule has 0 saturated carbocycles. The van der Waals surface area contributed by atoms with Gasteiger partial charge < -0.3 is 103 Å². The minimum atomic E-state index is -1.92. The average molecular weight is 1800 g/mol. The number of carbonyl (C=O) groups excluding carboxylic acids is 15. The number of benzene rings is 6. The molecule has 0 radical (unpaired) electrons. The summed E-state index contributed by atoms with van der Waals surface area (Å²) in [4.78, 5) is 244. The minimum Gasteiger partial charge on any atom is -0.508 e. The molecule has 11 atom stereocenters. The Balaban J connectivity index is 1.12. The third-order valence-corrected chi connectivity index (χ3v) is 23.4. The van der Waals surface area contributed by atoms with E-state index in [0.29, 0.717) is 57.1 Å². The fourth-order valence-corrected chi connectivity index (χ4v) is 16.2. The van der Waals surface area contributed by atoms with E-state index in [1.165, 1.54) is 94.9 Å². The number of H-pyrrole nitrogens is 1. The number of unbranched alkanes of at least 4 members (excludes halogenated alkanes) is 1. The van der Waals surface area contributed by atoms with Crippen LogP contribution in [0.1, 0.15) is 100 Å². The number of phenolic OH excluding ortho intramolecular Hbond substituents is 3. The van der Waals surface area contributed by atoms with E-state index in [4.69, 9.17) is 5.73 Å². The molecule has 129 heavy (non-hydrogen) atoms. The van der Waals surface area contributed by atoms with Gasteiger partial charge in [0.1, 0.15) is 90.3 Å². The lowest BCUT2D eigenvalue weighted by Crippen LogP contribution is -2.62. The topological polar surface area (TPSA) is 520 Å². The highest BCUT2D eigenvalue weighted by molar-refractivity contribution is 8.00. The quantitative estimate of drug-likeness (QED) is 0.0489. The third-order valence-electron chi connectivity index (χ3n) is 22.4. The maximum atomic E-state index is 15.5. The number of thioether (sulfide) groups is 1. The van der Waals surface area contributed by atoms with Crippen LogP contribution in [-0.4, -0.2) is 265 Å². The number of carbonyl (C=O) groups is 16. The van der Waals surface area contributed by atoms with Crippen molar-refractivity contribution in [3.05, 3.63) is 191 Å². The van der Waals surface area contributed by atoms with E-state index in [0.717, 1.165) is 36.3 Å². The van der Waals surface area contributed by atoms with Crippen molar-refractivity contribution in [3.8, 4) is 17.2 Å². The van der Waals surface area contributed by atoms with Crippen molar-refractivity contribution in [1.29, 1.82) is 0 Å². The predicted molar refractivity (Wildman–Crippen MR) is 478 cm³/mol. The summed E-state index contributed by atoms with van der Waals surface area (Å²) in [6.45, 7) is 6.00. The number of aromatic nitrogens is 1. The fourth-order valence-electron chi connectivity index (χ4n) is 15.3. The van der Waals surface area contributed by atoms with E-state index in [2.05, 4.69) is 52.8 Å². The maximum Gasteiger partial charge on any atom is 0.305 e. The van der Waals surface area contributed by atoms with Gasteiger partial charge in [0.2, 0.25) is 88.6 Å². The molecule has 16 N–H and O–H groups in total. The molecule has 2 aliphatic rings. The smallest absolute Gasteiger partial charge is 0.305 e. The van der Waals surface area contributed by atoms with Crippen molar-refractivity contribution >= 4 is 123 Å². The summed E-state index contributed by atoms with van der Waals surface area (Å²) in [7, 11) is 5.17. The molecular formula is C92H114N16O20S. The molecule has 1 fully saturated rings. The molecule has 2 aliphatic heterocycles. The summed E-state index contributed by atoms with van der Waals surface area (Å²) < 4.78 is 0. The first-order valence-corrected chi connectivity index (χ1v) is 43.6. The molecule has 37 heteroatoms. The molecular weight excluding hydrogens is 1680 g/mol. The number of nitrogens with two attached hydrogens (primary N) is 1. The number of amides is 15. The van der Waals surface area contributed by atoms with Crippen LogP contribution in [0.15, 0.2) is 158 Å². The van der Waals surface area contributed by atoms with Gasteiger partial charge in [0.15, 0.2) is 0 Å². The van der Waals surface area contributed by atoms with Gasteiger partial charge in [-0.3, -0.25) is 76.7 Å². The number of nitrogens with one attached hydrogen (secondary N) is 10. The van der Waals surface area contributed by atoms with Crippen LogP contribution in [-0.2, 0) is 115 Å². The molecule has 9 rings (SSSR count). The molecule has 36 nitrogen and oxygen atoms in total. The lowest BCUT2D eigenvalue weighted by Gasteiger charge is -2.37. The fraction of sp³-hybridized carbons (Fsp3) is 0.413. The molecule has 6 aromatic carbocycles. The standard InChI is InChI=1S/C92H114N16O20S/c1-10-11-26-72-90(126)104(6)48-77(113)97-68(45-80(116)117)86(122)103-81(53(4)5)92(128)106(8)74(40-55-22-16-13-17-23-55)87(123)101-70-42-58-31-36-62(111)44-73(58)108(89(70)125)49-78(114)96-67(43-59-46-94-64-25-19-18-24-63(59)64)85(121)100-66(38-56-27-32-60(109)33-28-56)84(120)99-65(37-52(2)3)83(119)102-71(82(118)95-47-76(93)112)50-129-51-79(115)98-69(39-54-20-14-12-15-21-54)88(124)107(9)75(91(127)105(72)7)41-57-29-34-61(110)35-30-57/h12-25,27-36,44,46,52-53,65-72,74-75,81,94,109-111H,10-11,26,37-43,45,47-51H2,1-9H3,(H2,93,112)(H,95,118)(H,96,114)(H,97,113)(H,98,115)(H,99,120)(H,100,121)(H,101,123)(H,102,119)(H,103,122)(H,116,117)/t65-,66?,67-,68-,69-,70-,71-,72-,74-,75-,81-/m0/s1. The number of fused-ring (bicyclic) bond motifs is 5. The van der Waals surface area contributed by atoms with Crippen LogP contribution in [0.5, 0.6) is 17.2 Å². The summed E-state index contributed by atoms with van der Waals surface area (Å²) in [6, 6.07) is 22.3. The van der Waals surface area contributed by atoms with Crippen LogP contribution in [0.4, 0.5) is 5.69 Å². The first-order chi connectivity index (χ1) is 61.4. The zero-order chi connectivity index (χ0) is 94.0. The number of para-hydroxylation sites is 1. The van der Waals surface area contributed by atoms with Crippen molar-refractivity contribution in [3.63, 3.8) is 0 Å². The molecule has 7 aromatic rings. The number of aromatic amines is 1. The Morgan fingerprint density at radius 3 is 1.64 bits per heavy atom. The monoisotopic (exact) mass is 1790 g/mol. The van der Waals surface area contributed by atoms with Crippen LogP contribution in [0.2, 0.25) is 0 Å². The normalized spacial score (nSPS) is 22.1. The van der Waals surface area contributed by atoms with E-state index < -0.39 is 205 Å². The molecule has 1 saturated heterocycles. The van der Waals surface area contributed by atoms with Crippen LogP contribution < -0.4 is 58.5 Å². The molecule has 0 aliphatic carbocycles. The van der Waals surface area contributed by atoms with Gasteiger partial charge in [-0.25, -0.2) is 0 Å². The minimum absolute atomic E-state index is 0.00187. The van der Waals surface area contributed by atoms with E-state index in [1.54, 1.807) is 119 Å². The highest BCUT2D eigenvalue weighted by Gasteiger charge is 2.44. The van der Waals surface area contributed by atoms with Gasteiger partial charge in [-0.15, -0.1) is 11.8 Å². The van der Waals surface area contributed by atoms with Crippen LogP contribution in [0.3, 0.4) is 0 Å². The van der Waals surface area contributed by atoms with Gasteiger partial charge in [0.05, 0.1) is 31.0 Å². The number of aromatic hydroxyl groups is 3. The van der Waals surface area contributed by atoms with Crippen LogP contribution in [0.25, 0.3) is 10.9 Å². The second-order valence-corrected chi connectivity index (χ2v) is 34.1. The number of likely N-dealkylation sites (N-methyl/N-ethyl adjacent to an activating group) is 4. The van der Waals surface area contributed by atoms with E-state index in [1.807, 2.05) is 6.92 Å². The first-order valence-electron chi connectivity index (χ1n) is 42.5. The summed E-state index contributed by atoms with van der Waals surface area (Å²) in [5.74, 6) is -18.2. The molecule has 688 valence electrons. The lowest BCUT2D eigenvalue weighted by atomic mass is 9.95. The number of hydrogen-bond acceptors (Lipinski definition) is 20. The predicted octanol–water partition coefficient (Wildman–Crippen LogP) is 1.92. The number of phenols is 3. The number of aliphatic carboxylic acids is 1. The molecule has 0 spiro atoms. The largest absolute Gasteiger partial charge is 0.508 e. The maximum absolute atomic E-state index is 15.5. The van der Waals surface area contributed by atoms with Gasteiger partial charge >= 0.3 is 5.97 Å². The highest BCUT2D eigenvalue weighted by atomic mass is 32.2. The number of nitrogens with zero attached hydrogens (tertiary/aromatic N) is 5. The Kier molecular flexibility index (Phi) is 35.7. The van der Waals surface area contributed by atoms with E-state index in [9.17, 15) is 58.8 Å². The Bertz CT molecular complexity index is 5200. The van der Waals surface area contributed by atoms with Crippen LogP contribution >= 0.6 is 11.8 Å².